The van der Waals surface area contributed by atoms with E-state index in [1.807, 2.05) is 0 Å². The van der Waals surface area contributed by atoms with Crippen LogP contribution in [0.1, 0.15) is 28.8 Å². The Bertz CT molecular complexity index is 923. The molecular weight excluding hydrogens is 380 g/mol. The molecule has 0 saturated carbocycles. The highest BCUT2D eigenvalue weighted by Gasteiger charge is 2.21. The Balaban J connectivity index is 2.04. The minimum atomic E-state index is -1.31. The number of benzene rings is 2. The van der Waals surface area contributed by atoms with Gasteiger partial charge in [0.1, 0.15) is 17.5 Å². The maximum absolute atomic E-state index is 12.2. The molecule has 0 fully saturated rings. The van der Waals surface area contributed by atoms with E-state index in [9.17, 15) is 19.5 Å². The molecule has 2 rings (SSSR count). The molecule has 0 saturated heterocycles. The number of carboxylic acids is 2. The summed E-state index contributed by atoms with van der Waals surface area (Å²) < 4.78 is 5.01. The molecule has 0 aliphatic carbocycles. The summed E-state index contributed by atoms with van der Waals surface area (Å²) in [6, 6.07) is 9.52. The number of nitrogens with one attached hydrogen (secondary N) is 1. The third-order valence-corrected chi connectivity index (χ3v) is 3.97. The number of rotatable bonds is 9. The van der Waals surface area contributed by atoms with Crippen LogP contribution in [0.15, 0.2) is 47.5 Å². The lowest BCUT2D eigenvalue weighted by molar-refractivity contribution is -0.140. The highest BCUT2D eigenvalue weighted by Crippen LogP contribution is 2.23. The second kappa shape index (κ2) is 9.88. The molecule has 0 spiro atoms. The van der Waals surface area contributed by atoms with Crippen molar-refractivity contribution in [3.8, 4) is 11.5 Å². The molecule has 1 atom stereocenters. The van der Waals surface area contributed by atoms with Crippen LogP contribution in [0.5, 0.6) is 11.5 Å². The fourth-order valence-electron chi connectivity index (χ4n) is 2.37. The molecule has 4 N–H and O–H groups in total. The normalized spacial score (nSPS) is 11.8. The largest absolute Gasteiger partial charge is 0.507 e. The predicted molar refractivity (Wildman–Crippen MR) is 104 cm³/mol. The zero-order valence-corrected chi connectivity index (χ0v) is 15.5. The number of ether oxygens (including phenoxy) is 1. The van der Waals surface area contributed by atoms with Crippen molar-refractivity contribution in [2.24, 2.45) is 4.99 Å². The Kier molecular flexibility index (Phi) is 7.30. The average molecular weight is 400 g/mol. The highest BCUT2D eigenvalue weighted by atomic mass is 16.5. The van der Waals surface area contributed by atoms with Gasteiger partial charge in [0, 0.05) is 29.8 Å². The molecule has 0 aliphatic rings. The summed E-state index contributed by atoms with van der Waals surface area (Å²) in [4.78, 5) is 38.2. The van der Waals surface area contributed by atoms with Crippen LogP contribution in [0.25, 0.3) is 0 Å². The molecular formula is C20H20N2O7. The molecule has 2 aromatic rings. The maximum Gasteiger partial charge on any atom is 0.326 e. The number of aliphatic carboxylic acids is 2. The van der Waals surface area contributed by atoms with Crippen molar-refractivity contribution in [2.45, 2.75) is 18.9 Å². The van der Waals surface area contributed by atoms with Crippen LogP contribution in [-0.2, 0) is 9.59 Å². The van der Waals surface area contributed by atoms with Crippen molar-refractivity contribution in [1.29, 1.82) is 0 Å². The van der Waals surface area contributed by atoms with Crippen LogP contribution < -0.4 is 10.1 Å². The number of aromatic hydroxyl groups is 1. The number of phenols is 1. The van der Waals surface area contributed by atoms with Crippen LogP contribution in [-0.4, -0.2) is 52.5 Å². The number of hydrogen-bond acceptors (Lipinski definition) is 6. The van der Waals surface area contributed by atoms with Gasteiger partial charge in [-0.05, 0) is 42.8 Å². The summed E-state index contributed by atoms with van der Waals surface area (Å²) in [6.45, 7) is 0. The molecule has 0 heterocycles. The van der Waals surface area contributed by atoms with Crippen LogP contribution >= 0.6 is 0 Å². The second-order valence-electron chi connectivity index (χ2n) is 6.03. The fraction of sp³-hybridized carbons (Fsp3) is 0.200. The van der Waals surface area contributed by atoms with E-state index in [1.54, 1.807) is 24.3 Å². The summed E-state index contributed by atoms with van der Waals surface area (Å²) in [6.07, 6.45) is 0.865. The molecule has 2 aromatic carbocycles. The fourth-order valence-corrected chi connectivity index (χ4v) is 2.37. The smallest absolute Gasteiger partial charge is 0.326 e. The molecule has 152 valence electrons. The SMILES string of the molecule is COc1ccc(C=Nc2ccc(C(=O)N[C@@H](CCC(=O)O)C(=O)O)cc2)c(O)c1. The van der Waals surface area contributed by atoms with E-state index in [4.69, 9.17) is 14.9 Å². The predicted octanol–water partition coefficient (Wildman–Crippen LogP) is 2.20. The standard InChI is InChI=1S/C20H20N2O7/c1-29-15-7-4-13(17(23)10-15)11-21-14-5-2-12(3-6-14)19(26)22-16(20(27)28)8-9-18(24)25/h2-7,10-11,16,23H,8-9H2,1H3,(H,22,26)(H,24,25)(H,27,28)/t16-/m0/s1. The topological polar surface area (TPSA) is 146 Å². The number of nitrogens with zero attached hydrogens (tertiary/aromatic N) is 1. The van der Waals surface area contributed by atoms with Crippen LogP contribution in [0, 0.1) is 0 Å². The van der Waals surface area contributed by atoms with Gasteiger partial charge in [0.2, 0.25) is 0 Å². The molecule has 9 nitrogen and oxygen atoms in total. The molecule has 29 heavy (non-hydrogen) atoms. The summed E-state index contributed by atoms with van der Waals surface area (Å²) in [5.41, 5.74) is 1.20. The lowest BCUT2D eigenvalue weighted by Gasteiger charge is -2.13. The Morgan fingerprint density at radius 1 is 1.14 bits per heavy atom. The van der Waals surface area contributed by atoms with Gasteiger partial charge < -0.3 is 25.4 Å². The first-order valence-corrected chi connectivity index (χ1v) is 8.56. The quantitative estimate of drug-likeness (QED) is 0.472. The molecule has 9 heteroatoms. The third-order valence-electron chi connectivity index (χ3n) is 3.97. The van der Waals surface area contributed by atoms with Gasteiger partial charge in [-0.3, -0.25) is 14.6 Å². The lowest BCUT2D eigenvalue weighted by atomic mass is 10.1. The Morgan fingerprint density at radius 3 is 2.38 bits per heavy atom. The summed E-state index contributed by atoms with van der Waals surface area (Å²) >= 11 is 0. The van der Waals surface area contributed by atoms with E-state index in [-0.39, 0.29) is 24.2 Å². The van der Waals surface area contributed by atoms with Gasteiger partial charge in [0.05, 0.1) is 12.8 Å². The maximum atomic E-state index is 12.2. The van der Waals surface area contributed by atoms with Gasteiger partial charge in [0.25, 0.3) is 5.91 Å². The summed E-state index contributed by atoms with van der Waals surface area (Å²) in [7, 11) is 1.49. The Labute approximate surface area is 166 Å². The minimum absolute atomic E-state index is 0.00479. The van der Waals surface area contributed by atoms with E-state index in [0.29, 0.717) is 17.0 Å². The number of aliphatic imine (C=N–C) groups is 1. The van der Waals surface area contributed by atoms with Crippen LogP contribution in [0.3, 0.4) is 0 Å². The molecule has 0 radical (unpaired) electrons. The van der Waals surface area contributed by atoms with E-state index < -0.39 is 23.9 Å². The number of amides is 1. The van der Waals surface area contributed by atoms with Crippen molar-refractivity contribution in [3.63, 3.8) is 0 Å². The molecule has 0 unspecified atom stereocenters. The molecule has 0 aliphatic heterocycles. The molecule has 1 amide bonds. The molecule has 0 aromatic heterocycles. The van der Waals surface area contributed by atoms with Crippen LogP contribution in [0.2, 0.25) is 0 Å². The zero-order chi connectivity index (χ0) is 21.4. The number of carboxylic acid groups (broad SMARTS) is 2. The third kappa shape index (κ3) is 6.35. The van der Waals surface area contributed by atoms with Gasteiger partial charge in [-0.1, -0.05) is 0 Å². The summed E-state index contributed by atoms with van der Waals surface area (Å²) in [5, 5.41) is 30.0. The van der Waals surface area contributed by atoms with Gasteiger partial charge in [-0.15, -0.1) is 0 Å². The zero-order valence-electron chi connectivity index (χ0n) is 15.5. The lowest BCUT2D eigenvalue weighted by Crippen LogP contribution is -2.41. The first kappa shape index (κ1) is 21.4. The van der Waals surface area contributed by atoms with Crippen molar-refractivity contribution >= 4 is 29.7 Å². The highest BCUT2D eigenvalue weighted by molar-refractivity contribution is 5.97. The van der Waals surface area contributed by atoms with Crippen molar-refractivity contribution < 1.29 is 34.4 Å². The first-order valence-electron chi connectivity index (χ1n) is 8.56. The van der Waals surface area contributed by atoms with E-state index in [1.165, 1.54) is 31.5 Å². The number of carbonyl (C=O) groups excluding carboxylic acids is 1. The number of carbonyl (C=O) groups is 3. The number of hydrogen-bond donors (Lipinski definition) is 4. The van der Waals surface area contributed by atoms with E-state index in [2.05, 4.69) is 10.3 Å². The van der Waals surface area contributed by atoms with Gasteiger partial charge in [0.15, 0.2) is 0 Å². The second-order valence-corrected chi connectivity index (χ2v) is 6.03. The minimum Gasteiger partial charge on any atom is -0.507 e. The van der Waals surface area contributed by atoms with E-state index >= 15 is 0 Å². The number of methoxy groups -OCH3 is 1. The number of phenolic OH excluding ortho intramolecular Hbond substituents is 1. The summed E-state index contributed by atoms with van der Waals surface area (Å²) in [5.74, 6) is -2.56. The Hall–Kier alpha value is -3.88. The van der Waals surface area contributed by atoms with E-state index in [0.717, 1.165) is 0 Å². The molecule has 0 bridgehead atoms. The average Bonchev–Trinajstić information content (AvgIpc) is 2.69. The Morgan fingerprint density at radius 2 is 1.83 bits per heavy atom. The van der Waals surface area contributed by atoms with Crippen LogP contribution in [0.4, 0.5) is 5.69 Å². The van der Waals surface area contributed by atoms with Gasteiger partial charge in [-0.25, -0.2) is 4.79 Å². The first-order chi connectivity index (χ1) is 13.8. The van der Waals surface area contributed by atoms with Gasteiger partial charge >= 0.3 is 11.9 Å². The van der Waals surface area contributed by atoms with Gasteiger partial charge in [-0.2, -0.15) is 0 Å². The van der Waals surface area contributed by atoms with Crippen molar-refractivity contribution in [1.82, 2.24) is 5.32 Å². The monoisotopic (exact) mass is 400 g/mol. The van der Waals surface area contributed by atoms with Crippen molar-refractivity contribution in [3.05, 3.63) is 53.6 Å². The van der Waals surface area contributed by atoms with Crippen molar-refractivity contribution in [2.75, 3.05) is 7.11 Å².